The van der Waals surface area contributed by atoms with E-state index in [1.54, 1.807) is 35.3 Å². The minimum absolute atomic E-state index is 0.227. The third kappa shape index (κ3) is 5.07. The monoisotopic (exact) mass is 481 g/mol. The molecule has 0 saturated heterocycles. The first-order valence-corrected chi connectivity index (χ1v) is 11.9. The molecule has 0 bridgehead atoms. The summed E-state index contributed by atoms with van der Waals surface area (Å²) in [5.41, 5.74) is 11.5. The Kier molecular flexibility index (Phi) is 6.28. The van der Waals surface area contributed by atoms with E-state index < -0.39 is 0 Å². The fourth-order valence-electron chi connectivity index (χ4n) is 3.67. The Hall–Kier alpha value is -4.43. The van der Waals surface area contributed by atoms with Crippen molar-refractivity contribution in [3.8, 4) is 27.4 Å². The number of carbonyl (C=O) groups excluding carboxylic acids is 1. The average Bonchev–Trinajstić information content (AvgIpc) is 3.59. The van der Waals surface area contributed by atoms with Gasteiger partial charge in [-0.15, -0.1) is 16.4 Å². The second kappa shape index (κ2) is 9.82. The molecule has 2 aromatic heterocycles. The predicted octanol–water partition coefficient (Wildman–Crippen LogP) is 5.57. The molecule has 0 saturated carbocycles. The molecule has 0 aliphatic rings. The van der Waals surface area contributed by atoms with Crippen LogP contribution in [0.4, 0.5) is 11.4 Å². The van der Waals surface area contributed by atoms with Crippen molar-refractivity contribution in [2.45, 2.75) is 6.54 Å². The van der Waals surface area contributed by atoms with Gasteiger partial charge in [0.25, 0.3) is 5.91 Å². The number of nitrogen functional groups attached to an aromatic ring is 1. The van der Waals surface area contributed by atoms with Gasteiger partial charge in [-0.25, -0.2) is 4.68 Å². The molecule has 1 amide bonds. The summed E-state index contributed by atoms with van der Waals surface area (Å²) in [7, 11) is 1.65. The van der Waals surface area contributed by atoms with Gasteiger partial charge in [0.05, 0.1) is 31.2 Å². The summed E-state index contributed by atoms with van der Waals surface area (Å²) >= 11 is 1.64. The van der Waals surface area contributed by atoms with Crippen LogP contribution in [0.1, 0.15) is 15.9 Å². The van der Waals surface area contributed by atoms with Gasteiger partial charge >= 0.3 is 0 Å². The van der Waals surface area contributed by atoms with E-state index in [1.807, 2.05) is 78.3 Å². The normalized spacial score (nSPS) is 10.8. The number of hydrogen-bond donors (Lipinski definition) is 2. The van der Waals surface area contributed by atoms with Crippen LogP contribution in [0.5, 0.6) is 5.75 Å². The van der Waals surface area contributed by atoms with Crippen LogP contribution in [0.3, 0.4) is 0 Å². The van der Waals surface area contributed by atoms with Gasteiger partial charge in [0.2, 0.25) is 0 Å². The molecule has 0 fully saturated rings. The minimum atomic E-state index is -0.227. The van der Waals surface area contributed by atoms with E-state index in [2.05, 4.69) is 15.6 Å². The van der Waals surface area contributed by atoms with Crippen molar-refractivity contribution >= 4 is 28.6 Å². The smallest absolute Gasteiger partial charge is 0.255 e. The van der Waals surface area contributed by atoms with Crippen molar-refractivity contribution in [1.29, 1.82) is 0 Å². The maximum absolute atomic E-state index is 12.9. The summed E-state index contributed by atoms with van der Waals surface area (Å²) in [5, 5.41) is 13.4. The Labute approximate surface area is 206 Å². The molecule has 0 radical (unpaired) electrons. The number of carbonyl (C=O) groups is 1. The molecule has 5 rings (SSSR count). The molecule has 0 aliphatic carbocycles. The number of aromatic nitrogens is 3. The van der Waals surface area contributed by atoms with Gasteiger partial charge in [-0.3, -0.25) is 4.79 Å². The summed E-state index contributed by atoms with van der Waals surface area (Å²) in [6.45, 7) is 0.601. The maximum atomic E-state index is 12.9. The molecule has 0 atom stereocenters. The Morgan fingerprint density at radius 1 is 1.03 bits per heavy atom. The molecule has 8 heteroatoms. The zero-order valence-corrected chi connectivity index (χ0v) is 19.8. The fraction of sp³-hybridized carbons (Fsp3) is 0.0741. The van der Waals surface area contributed by atoms with Crippen molar-refractivity contribution in [3.63, 3.8) is 0 Å². The average molecular weight is 482 g/mol. The highest BCUT2D eigenvalue weighted by atomic mass is 32.1. The Bertz CT molecular complexity index is 1440. The molecule has 2 heterocycles. The van der Waals surface area contributed by atoms with Crippen LogP contribution in [0.15, 0.2) is 90.4 Å². The third-order valence-corrected chi connectivity index (χ3v) is 6.51. The standard InChI is InChI=1S/C27H23N5O2S/c1-34-22-11-4-18(5-12-22)16-32-17-25(30-31-32)19-6-8-20(9-7-19)27(33)29-24-15-21(10-13-23(24)28)26-3-2-14-35-26/h2-15,17H,16,28H2,1H3,(H,29,33). The van der Waals surface area contributed by atoms with Crippen LogP contribution in [0.25, 0.3) is 21.7 Å². The van der Waals surface area contributed by atoms with Crippen LogP contribution in [0.2, 0.25) is 0 Å². The number of benzene rings is 3. The minimum Gasteiger partial charge on any atom is -0.497 e. The number of amides is 1. The van der Waals surface area contributed by atoms with Gasteiger partial charge in [0.1, 0.15) is 11.4 Å². The fourth-order valence-corrected chi connectivity index (χ4v) is 4.40. The molecule has 0 spiro atoms. The number of nitrogens with two attached hydrogens (primary N) is 1. The van der Waals surface area contributed by atoms with E-state index >= 15 is 0 Å². The number of nitrogens with one attached hydrogen (secondary N) is 1. The lowest BCUT2D eigenvalue weighted by Crippen LogP contribution is -2.13. The third-order valence-electron chi connectivity index (χ3n) is 5.59. The number of hydrogen-bond acceptors (Lipinski definition) is 6. The van der Waals surface area contributed by atoms with E-state index in [0.717, 1.165) is 33.0 Å². The van der Waals surface area contributed by atoms with Crippen LogP contribution in [-0.2, 0) is 6.54 Å². The molecule has 3 N–H and O–H groups in total. The number of thiophene rings is 1. The lowest BCUT2D eigenvalue weighted by atomic mass is 10.1. The summed E-state index contributed by atoms with van der Waals surface area (Å²) < 4.78 is 6.98. The highest BCUT2D eigenvalue weighted by molar-refractivity contribution is 7.13. The Morgan fingerprint density at radius 3 is 2.51 bits per heavy atom. The number of rotatable bonds is 7. The van der Waals surface area contributed by atoms with Crippen LogP contribution in [0, 0.1) is 0 Å². The second-order valence-corrected chi connectivity index (χ2v) is 8.91. The van der Waals surface area contributed by atoms with E-state index in [4.69, 9.17) is 10.5 Å². The molecular weight excluding hydrogens is 458 g/mol. The van der Waals surface area contributed by atoms with Crippen molar-refractivity contribution in [2.75, 3.05) is 18.2 Å². The lowest BCUT2D eigenvalue weighted by molar-refractivity contribution is 0.102. The predicted molar refractivity (Wildman–Crippen MR) is 140 cm³/mol. The molecule has 3 aromatic carbocycles. The van der Waals surface area contributed by atoms with Gasteiger partial charge in [0.15, 0.2) is 0 Å². The van der Waals surface area contributed by atoms with Crippen molar-refractivity contribution in [1.82, 2.24) is 15.0 Å². The summed E-state index contributed by atoms with van der Waals surface area (Å²) in [6, 6.07) is 24.8. The van der Waals surface area contributed by atoms with Crippen molar-refractivity contribution in [3.05, 3.63) is 102 Å². The van der Waals surface area contributed by atoms with Gasteiger partial charge in [0, 0.05) is 16.0 Å². The van der Waals surface area contributed by atoms with E-state index in [9.17, 15) is 4.79 Å². The molecule has 5 aromatic rings. The van der Waals surface area contributed by atoms with Crippen LogP contribution in [-0.4, -0.2) is 28.0 Å². The highest BCUT2D eigenvalue weighted by Gasteiger charge is 2.11. The van der Waals surface area contributed by atoms with Crippen molar-refractivity contribution < 1.29 is 9.53 Å². The Balaban J connectivity index is 1.27. The summed E-state index contributed by atoms with van der Waals surface area (Å²) in [5.74, 6) is 0.588. The van der Waals surface area contributed by atoms with Crippen LogP contribution < -0.4 is 15.8 Å². The SMILES string of the molecule is COc1ccc(Cn2cc(-c3ccc(C(=O)Nc4cc(-c5cccs5)ccc4N)cc3)nn2)cc1. The number of anilines is 2. The zero-order valence-electron chi connectivity index (χ0n) is 19.0. The van der Waals surface area contributed by atoms with Gasteiger partial charge in [-0.1, -0.05) is 41.6 Å². The largest absolute Gasteiger partial charge is 0.497 e. The van der Waals surface area contributed by atoms with E-state index in [1.165, 1.54) is 0 Å². The van der Waals surface area contributed by atoms with Gasteiger partial charge in [-0.2, -0.15) is 0 Å². The number of nitrogens with zero attached hydrogens (tertiary/aromatic N) is 3. The number of ether oxygens (including phenoxy) is 1. The van der Waals surface area contributed by atoms with Crippen molar-refractivity contribution in [2.24, 2.45) is 0 Å². The first-order valence-electron chi connectivity index (χ1n) is 11.0. The topological polar surface area (TPSA) is 95.1 Å². The molecular formula is C27H23N5O2S. The van der Waals surface area contributed by atoms with E-state index in [0.29, 0.717) is 23.5 Å². The molecule has 0 aliphatic heterocycles. The second-order valence-electron chi connectivity index (χ2n) is 7.96. The first-order chi connectivity index (χ1) is 17.1. The maximum Gasteiger partial charge on any atom is 0.255 e. The van der Waals surface area contributed by atoms with Crippen LogP contribution >= 0.6 is 11.3 Å². The lowest BCUT2D eigenvalue weighted by Gasteiger charge is -2.10. The highest BCUT2D eigenvalue weighted by Crippen LogP contribution is 2.30. The molecule has 7 nitrogen and oxygen atoms in total. The molecule has 0 unspecified atom stereocenters. The number of methoxy groups -OCH3 is 1. The summed E-state index contributed by atoms with van der Waals surface area (Å²) in [6.07, 6.45) is 1.89. The Morgan fingerprint density at radius 2 is 1.80 bits per heavy atom. The van der Waals surface area contributed by atoms with Gasteiger partial charge in [-0.05, 0) is 59.0 Å². The molecule has 35 heavy (non-hydrogen) atoms. The van der Waals surface area contributed by atoms with E-state index in [-0.39, 0.29) is 5.91 Å². The zero-order chi connectivity index (χ0) is 24.2. The quantitative estimate of drug-likeness (QED) is 0.297. The first kappa shape index (κ1) is 22.4. The summed E-state index contributed by atoms with van der Waals surface area (Å²) in [4.78, 5) is 14.0. The molecule has 174 valence electrons. The van der Waals surface area contributed by atoms with Gasteiger partial charge < -0.3 is 15.8 Å².